The fraction of sp³-hybridized carbons (Fsp3) is 0.625. The van der Waals surface area contributed by atoms with Crippen LogP contribution in [0.25, 0.3) is 0 Å². The average molecular weight is 261 g/mol. The second-order valence-electron chi connectivity index (χ2n) is 6.04. The van der Waals surface area contributed by atoms with Crippen molar-refractivity contribution in [2.75, 3.05) is 25.0 Å². The van der Waals surface area contributed by atoms with Crippen molar-refractivity contribution < 1.29 is 0 Å². The molecule has 0 aliphatic carbocycles. The monoisotopic (exact) mass is 261 g/mol. The summed E-state index contributed by atoms with van der Waals surface area (Å²) in [5.41, 5.74) is 8.30. The standard InChI is InChI=1S/C16H27N3/c1-13-4-3-9-19(11-13)12-15-5-7-16(8-6-15)18-10-14(2)17/h5-8,13-14,18H,3-4,9-12,17H2,1-2H3. The van der Waals surface area contributed by atoms with Crippen molar-refractivity contribution in [3.8, 4) is 0 Å². The van der Waals surface area contributed by atoms with Gasteiger partial charge in [-0.25, -0.2) is 0 Å². The normalized spacial score (nSPS) is 22.2. The number of benzene rings is 1. The molecule has 1 heterocycles. The van der Waals surface area contributed by atoms with Crippen LogP contribution in [0.5, 0.6) is 0 Å². The molecule has 0 spiro atoms. The van der Waals surface area contributed by atoms with Crippen LogP contribution >= 0.6 is 0 Å². The Bertz CT molecular complexity index is 372. The number of hydrogen-bond acceptors (Lipinski definition) is 3. The Balaban J connectivity index is 1.84. The summed E-state index contributed by atoms with van der Waals surface area (Å²) in [5.74, 6) is 0.848. The lowest BCUT2D eigenvalue weighted by Crippen LogP contribution is -2.33. The van der Waals surface area contributed by atoms with Gasteiger partial charge in [0.05, 0.1) is 0 Å². The van der Waals surface area contributed by atoms with Crippen LogP contribution in [0.1, 0.15) is 32.3 Å². The summed E-state index contributed by atoms with van der Waals surface area (Å²) in [6.07, 6.45) is 2.73. The molecule has 3 nitrogen and oxygen atoms in total. The van der Waals surface area contributed by atoms with Crippen LogP contribution in [0.15, 0.2) is 24.3 Å². The molecule has 0 aromatic heterocycles. The van der Waals surface area contributed by atoms with Gasteiger partial charge in [0.1, 0.15) is 0 Å². The zero-order valence-electron chi connectivity index (χ0n) is 12.2. The third-order valence-electron chi connectivity index (χ3n) is 3.73. The van der Waals surface area contributed by atoms with E-state index < -0.39 is 0 Å². The summed E-state index contributed by atoms with van der Waals surface area (Å²) in [6, 6.07) is 8.95. The number of nitrogens with one attached hydrogen (secondary N) is 1. The lowest BCUT2D eigenvalue weighted by Gasteiger charge is -2.30. The first-order valence-corrected chi connectivity index (χ1v) is 7.44. The molecule has 1 aromatic rings. The van der Waals surface area contributed by atoms with Gasteiger partial charge in [0, 0.05) is 31.4 Å². The van der Waals surface area contributed by atoms with Crippen LogP contribution in [-0.2, 0) is 6.54 Å². The van der Waals surface area contributed by atoms with E-state index in [9.17, 15) is 0 Å². The lowest BCUT2D eigenvalue weighted by molar-refractivity contribution is 0.176. The van der Waals surface area contributed by atoms with Crippen molar-refractivity contribution in [1.82, 2.24) is 4.90 Å². The topological polar surface area (TPSA) is 41.3 Å². The van der Waals surface area contributed by atoms with E-state index in [1.54, 1.807) is 0 Å². The molecule has 0 amide bonds. The molecular formula is C16H27N3. The second kappa shape index (κ2) is 6.92. The van der Waals surface area contributed by atoms with Gasteiger partial charge < -0.3 is 11.1 Å². The fourth-order valence-corrected chi connectivity index (χ4v) is 2.70. The molecular weight excluding hydrogens is 234 g/mol. The van der Waals surface area contributed by atoms with E-state index in [1.165, 1.54) is 31.5 Å². The Morgan fingerprint density at radius 2 is 2.11 bits per heavy atom. The van der Waals surface area contributed by atoms with E-state index in [1.807, 2.05) is 6.92 Å². The highest BCUT2D eigenvalue weighted by atomic mass is 15.1. The van der Waals surface area contributed by atoms with Gasteiger partial charge in [0.25, 0.3) is 0 Å². The van der Waals surface area contributed by atoms with Gasteiger partial charge in [-0.05, 0) is 49.9 Å². The van der Waals surface area contributed by atoms with Crippen molar-refractivity contribution >= 4 is 5.69 Å². The molecule has 0 saturated carbocycles. The fourth-order valence-electron chi connectivity index (χ4n) is 2.70. The van der Waals surface area contributed by atoms with Gasteiger partial charge in [0.15, 0.2) is 0 Å². The number of nitrogens with two attached hydrogens (primary N) is 1. The van der Waals surface area contributed by atoms with Crippen molar-refractivity contribution in [3.05, 3.63) is 29.8 Å². The summed E-state index contributed by atoms with van der Waals surface area (Å²) in [5, 5.41) is 3.34. The quantitative estimate of drug-likeness (QED) is 0.856. The Morgan fingerprint density at radius 1 is 1.37 bits per heavy atom. The van der Waals surface area contributed by atoms with Gasteiger partial charge in [-0.3, -0.25) is 4.90 Å². The van der Waals surface area contributed by atoms with Gasteiger partial charge >= 0.3 is 0 Å². The number of hydrogen-bond donors (Lipinski definition) is 2. The summed E-state index contributed by atoms with van der Waals surface area (Å²) >= 11 is 0. The van der Waals surface area contributed by atoms with Crippen molar-refractivity contribution in [1.29, 1.82) is 0 Å². The third kappa shape index (κ3) is 4.84. The van der Waals surface area contributed by atoms with Gasteiger partial charge in [-0.15, -0.1) is 0 Å². The van der Waals surface area contributed by atoms with Gasteiger partial charge in [-0.2, -0.15) is 0 Å². The molecule has 2 rings (SSSR count). The molecule has 106 valence electrons. The van der Waals surface area contributed by atoms with Crippen molar-refractivity contribution in [2.24, 2.45) is 11.7 Å². The number of nitrogens with zero attached hydrogens (tertiary/aromatic N) is 1. The smallest absolute Gasteiger partial charge is 0.0340 e. The van der Waals surface area contributed by atoms with E-state index in [4.69, 9.17) is 5.73 Å². The summed E-state index contributed by atoms with van der Waals surface area (Å²) < 4.78 is 0. The minimum atomic E-state index is 0.189. The molecule has 2 unspecified atom stereocenters. The molecule has 2 atom stereocenters. The molecule has 19 heavy (non-hydrogen) atoms. The van der Waals surface area contributed by atoms with E-state index in [0.717, 1.165) is 24.7 Å². The number of likely N-dealkylation sites (tertiary alicyclic amines) is 1. The van der Waals surface area contributed by atoms with Gasteiger partial charge in [-0.1, -0.05) is 19.1 Å². The Morgan fingerprint density at radius 3 is 2.74 bits per heavy atom. The minimum absolute atomic E-state index is 0.189. The Labute approximate surface area is 117 Å². The van der Waals surface area contributed by atoms with E-state index in [2.05, 4.69) is 41.4 Å². The molecule has 1 saturated heterocycles. The highest BCUT2D eigenvalue weighted by Gasteiger charge is 2.15. The molecule has 0 bridgehead atoms. The Hall–Kier alpha value is -1.06. The maximum absolute atomic E-state index is 5.74. The third-order valence-corrected chi connectivity index (χ3v) is 3.73. The second-order valence-corrected chi connectivity index (χ2v) is 6.04. The van der Waals surface area contributed by atoms with Crippen molar-refractivity contribution in [3.63, 3.8) is 0 Å². The van der Waals surface area contributed by atoms with Crippen LogP contribution in [0.3, 0.4) is 0 Å². The van der Waals surface area contributed by atoms with E-state index in [-0.39, 0.29) is 6.04 Å². The SMILES string of the molecule is CC(N)CNc1ccc(CN2CCCC(C)C2)cc1. The molecule has 1 aromatic carbocycles. The van der Waals surface area contributed by atoms with E-state index >= 15 is 0 Å². The number of anilines is 1. The molecule has 3 heteroatoms. The van der Waals surface area contributed by atoms with E-state index in [0.29, 0.717) is 0 Å². The molecule has 1 aliphatic rings. The molecule has 3 N–H and O–H groups in total. The molecule has 1 aliphatic heterocycles. The van der Waals surface area contributed by atoms with Crippen molar-refractivity contribution in [2.45, 2.75) is 39.3 Å². The largest absolute Gasteiger partial charge is 0.383 e. The highest BCUT2D eigenvalue weighted by Crippen LogP contribution is 2.18. The van der Waals surface area contributed by atoms with Crippen LogP contribution in [0, 0.1) is 5.92 Å². The van der Waals surface area contributed by atoms with Crippen LogP contribution in [0.4, 0.5) is 5.69 Å². The van der Waals surface area contributed by atoms with Crippen LogP contribution < -0.4 is 11.1 Å². The number of piperidine rings is 1. The predicted octanol–water partition coefficient (Wildman–Crippen LogP) is 2.68. The summed E-state index contributed by atoms with van der Waals surface area (Å²) in [7, 11) is 0. The maximum Gasteiger partial charge on any atom is 0.0340 e. The molecule has 0 radical (unpaired) electrons. The lowest BCUT2D eigenvalue weighted by atomic mass is 10.00. The Kier molecular flexibility index (Phi) is 5.23. The first kappa shape index (κ1) is 14.4. The summed E-state index contributed by atoms with van der Waals surface area (Å²) in [4.78, 5) is 2.57. The zero-order chi connectivity index (χ0) is 13.7. The minimum Gasteiger partial charge on any atom is -0.383 e. The first-order valence-electron chi connectivity index (χ1n) is 7.44. The van der Waals surface area contributed by atoms with Crippen LogP contribution in [0.2, 0.25) is 0 Å². The first-order chi connectivity index (χ1) is 9.13. The zero-order valence-corrected chi connectivity index (χ0v) is 12.2. The van der Waals surface area contributed by atoms with Gasteiger partial charge in [0.2, 0.25) is 0 Å². The van der Waals surface area contributed by atoms with Crippen LogP contribution in [-0.4, -0.2) is 30.6 Å². The predicted molar refractivity (Wildman–Crippen MR) is 82.3 cm³/mol. The summed E-state index contributed by atoms with van der Waals surface area (Å²) in [6.45, 7) is 8.76. The molecule has 1 fully saturated rings. The average Bonchev–Trinajstić information content (AvgIpc) is 2.38. The highest BCUT2D eigenvalue weighted by molar-refractivity contribution is 5.44. The maximum atomic E-state index is 5.74. The number of rotatable bonds is 5.